The van der Waals surface area contributed by atoms with Gasteiger partial charge >= 0.3 is 0 Å². The quantitative estimate of drug-likeness (QED) is 0.504. The van der Waals surface area contributed by atoms with E-state index in [4.69, 9.17) is 11.6 Å². The molecule has 16 heavy (non-hydrogen) atoms. The lowest BCUT2D eigenvalue weighted by Crippen LogP contribution is -2.48. The lowest BCUT2D eigenvalue weighted by Gasteiger charge is -2.36. The fourth-order valence-corrected chi connectivity index (χ4v) is 2.48. The summed E-state index contributed by atoms with van der Waals surface area (Å²) in [4.78, 5) is 5.18. The van der Waals surface area contributed by atoms with E-state index in [1.54, 1.807) is 0 Å². The van der Waals surface area contributed by atoms with E-state index in [0.29, 0.717) is 6.04 Å². The van der Waals surface area contributed by atoms with Gasteiger partial charge < -0.3 is 4.90 Å². The molecular weight excluding hydrogens is 220 g/mol. The predicted molar refractivity (Wildman–Crippen MR) is 72.3 cm³/mol. The first-order valence-electron chi connectivity index (χ1n) is 6.76. The predicted octanol–water partition coefficient (Wildman–Crippen LogP) is 2.81. The Balaban J connectivity index is 1.99. The smallest absolute Gasteiger partial charge is 0.0223 e. The third kappa shape index (κ3) is 5.51. The topological polar surface area (TPSA) is 6.48 Å². The summed E-state index contributed by atoms with van der Waals surface area (Å²) >= 11 is 5.66. The minimum atomic E-state index is 0.714. The minimum absolute atomic E-state index is 0.714. The van der Waals surface area contributed by atoms with Crippen LogP contribution < -0.4 is 0 Å². The summed E-state index contributed by atoms with van der Waals surface area (Å²) in [6.07, 6.45) is 5.17. The Morgan fingerprint density at radius 1 is 0.938 bits per heavy atom. The SMILES string of the molecule is CC(C)N1CCN(CCCCCCCl)CC1. The van der Waals surface area contributed by atoms with Crippen molar-refractivity contribution in [1.82, 2.24) is 9.80 Å². The Kier molecular flexibility index (Phi) is 7.42. The van der Waals surface area contributed by atoms with Crippen LogP contribution >= 0.6 is 11.6 Å². The number of hydrogen-bond donors (Lipinski definition) is 0. The zero-order valence-electron chi connectivity index (χ0n) is 10.9. The molecule has 1 aliphatic rings. The number of hydrogen-bond acceptors (Lipinski definition) is 2. The van der Waals surface area contributed by atoms with Crippen LogP contribution in [-0.4, -0.2) is 54.4 Å². The van der Waals surface area contributed by atoms with Gasteiger partial charge in [0.15, 0.2) is 0 Å². The van der Waals surface area contributed by atoms with E-state index in [9.17, 15) is 0 Å². The van der Waals surface area contributed by atoms with Gasteiger partial charge in [-0.2, -0.15) is 0 Å². The van der Waals surface area contributed by atoms with Gasteiger partial charge in [-0.3, -0.25) is 4.90 Å². The van der Waals surface area contributed by atoms with Crippen LogP contribution in [0.2, 0.25) is 0 Å². The molecule has 0 spiro atoms. The molecule has 2 nitrogen and oxygen atoms in total. The van der Waals surface area contributed by atoms with Gasteiger partial charge in [0.1, 0.15) is 0 Å². The van der Waals surface area contributed by atoms with Crippen molar-refractivity contribution in [2.75, 3.05) is 38.6 Å². The first-order valence-corrected chi connectivity index (χ1v) is 7.30. The van der Waals surface area contributed by atoms with E-state index in [1.165, 1.54) is 58.4 Å². The normalized spacial score (nSPS) is 19.5. The Bertz CT molecular complexity index is 165. The molecule has 1 fully saturated rings. The summed E-state index contributed by atoms with van der Waals surface area (Å²) in [6.45, 7) is 10.9. The molecule has 1 heterocycles. The minimum Gasteiger partial charge on any atom is -0.301 e. The Morgan fingerprint density at radius 2 is 1.56 bits per heavy atom. The molecule has 0 radical (unpaired) electrons. The average molecular weight is 247 g/mol. The highest BCUT2D eigenvalue weighted by atomic mass is 35.5. The maximum Gasteiger partial charge on any atom is 0.0223 e. The molecule has 3 heteroatoms. The lowest BCUT2D eigenvalue weighted by molar-refractivity contribution is 0.107. The second-order valence-electron chi connectivity index (χ2n) is 5.07. The molecule has 0 unspecified atom stereocenters. The van der Waals surface area contributed by atoms with Gasteiger partial charge in [-0.15, -0.1) is 11.6 Å². The summed E-state index contributed by atoms with van der Waals surface area (Å²) in [6, 6.07) is 0.714. The zero-order valence-corrected chi connectivity index (χ0v) is 11.7. The molecule has 0 aliphatic carbocycles. The Morgan fingerprint density at radius 3 is 2.12 bits per heavy atom. The number of nitrogens with zero attached hydrogens (tertiary/aromatic N) is 2. The highest BCUT2D eigenvalue weighted by molar-refractivity contribution is 6.17. The zero-order chi connectivity index (χ0) is 11.8. The van der Waals surface area contributed by atoms with E-state index < -0.39 is 0 Å². The van der Waals surface area contributed by atoms with Crippen molar-refractivity contribution in [3.63, 3.8) is 0 Å². The molecule has 0 amide bonds. The molecule has 96 valence electrons. The molecule has 0 aromatic heterocycles. The van der Waals surface area contributed by atoms with Crippen molar-refractivity contribution < 1.29 is 0 Å². The van der Waals surface area contributed by atoms with Gasteiger partial charge in [0, 0.05) is 38.1 Å². The van der Waals surface area contributed by atoms with E-state index in [-0.39, 0.29) is 0 Å². The number of halogens is 1. The van der Waals surface area contributed by atoms with Crippen molar-refractivity contribution in [2.45, 2.75) is 45.6 Å². The Hall–Kier alpha value is 0.210. The van der Waals surface area contributed by atoms with E-state index in [2.05, 4.69) is 23.6 Å². The molecule has 0 N–H and O–H groups in total. The van der Waals surface area contributed by atoms with Crippen LogP contribution in [0.4, 0.5) is 0 Å². The monoisotopic (exact) mass is 246 g/mol. The van der Waals surface area contributed by atoms with Gasteiger partial charge in [0.25, 0.3) is 0 Å². The van der Waals surface area contributed by atoms with Gasteiger partial charge in [-0.25, -0.2) is 0 Å². The number of alkyl halides is 1. The molecule has 1 saturated heterocycles. The van der Waals surface area contributed by atoms with Gasteiger partial charge in [0.05, 0.1) is 0 Å². The van der Waals surface area contributed by atoms with E-state index in [0.717, 1.165) is 5.88 Å². The highest BCUT2D eigenvalue weighted by Gasteiger charge is 2.17. The van der Waals surface area contributed by atoms with Crippen molar-refractivity contribution in [1.29, 1.82) is 0 Å². The second-order valence-corrected chi connectivity index (χ2v) is 5.45. The molecule has 1 aliphatic heterocycles. The summed E-state index contributed by atoms with van der Waals surface area (Å²) < 4.78 is 0. The maximum absolute atomic E-state index is 5.66. The van der Waals surface area contributed by atoms with Crippen LogP contribution in [-0.2, 0) is 0 Å². The molecular formula is C13H27ClN2. The van der Waals surface area contributed by atoms with Crippen molar-refractivity contribution in [3.05, 3.63) is 0 Å². The summed E-state index contributed by atoms with van der Waals surface area (Å²) in [7, 11) is 0. The third-order valence-corrected chi connectivity index (χ3v) is 3.76. The van der Waals surface area contributed by atoms with Crippen LogP contribution in [0.25, 0.3) is 0 Å². The van der Waals surface area contributed by atoms with Crippen LogP contribution in [0.5, 0.6) is 0 Å². The summed E-state index contributed by atoms with van der Waals surface area (Å²) in [5.41, 5.74) is 0. The number of piperazine rings is 1. The average Bonchev–Trinajstić information content (AvgIpc) is 2.29. The number of unbranched alkanes of at least 4 members (excludes halogenated alkanes) is 3. The first-order chi connectivity index (χ1) is 7.74. The second kappa shape index (κ2) is 8.32. The lowest BCUT2D eigenvalue weighted by atomic mass is 10.2. The van der Waals surface area contributed by atoms with Crippen LogP contribution in [0.1, 0.15) is 39.5 Å². The molecule has 0 aromatic rings. The standard InChI is InChI=1S/C13H27ClN2/c1-13(2)16-11-9-15(10-12-16)8-6-4-3-5-7-14/h13H,3-12H2,1-2H3. The van der Waals surface area contributed by atoms with Gasteiger partial charge in [-0.05, 0) is 33.2 Å². The van der Waals surface area contributed by atoms with Crippen molar-refractivity contribution >= 4 is 11.6 Å². The number of rotatable bonds is 7. The fourth-order valence-electron chi connectivity index (χ4n) is 2.29. The van der Waals surface area contributed by atoms with Crippen LogP contribution in [0.15, 0.2) is 0 Å². The summed E-state index contributed by atoms with van der Waals surface area (Å²) in [5, 5.41) is 0. The van der Waals surface area contributed by atoms with Crippen molar-refractivity contribution in [2.24, 2.45) is 0 Å². The fraction of sp³-hybridized carbons (Fsp3) is 1.00. The molecule has 0 aromatic carbocycles. The molecule has 1 rings (SSSR count). The van der Waals surface area contributed by atoms with Gasteiger partial charge in [-0.1, -0.05) is 12.8 Å². The van der Waals surface area contributed by atoms with Crippen LogP contribution in [0.3, 0.4) is 0 Å². The van der Waals surface area contributed by atoms with Crippen LogP contribution in [0, 0.1) is 0 Å². The first kappa shape index (κ1) is 14.3. The Labute approximate surface area is 106 Å². The third-order valence-electron chi connectivity index (χ3n) is 3.50. The highest BCUT2D eigenvalue weighted by Crippen LogP contribution is 2.08. The largest absolute Gasteiger partial charge is 0.301 e. The summed E-state index contributed by atoms with van der Waals surface area (Å²) in [5.74, 6) is 0.826. The van der Waals surface area contributed by atoms with Gasteiger partial charge in [0.2, 0.25) is 0 Å². The van der Waals surface area contributed by atoms with E-state index in [1.807, 2.05) is 0 Å². The van der Waals surface area contributed by atoms with E-state index >= 15 is 0 Å². The molecule has 0 atom stereocenters. The maximum atomic E-state index is 5.66. The molecule has 0 saturated carbocycles. The molecule has 0 bridgehead atoms. The van der Waals surface area contributed by atoms with Crippen molar-refractivity contribution in [3.8, 4) is 0 Å².